The van der Waals surface area contributed by atoms with E-state index in [0.717, 1.165) is 25.9 Å². The van der Waals surface area contributed by atoms with Crippen molar-refractivity contribution in [3.63, 3.8) is 0 Å². The minimum absolute atomic E-state index is 0.177. The maximum atomic E-state index is 14.4. The van der Waals surface area contributed by atoms with Gasteiger partial charge in [-0.15, -0.1) is 0 Å². The molecule has 1 N–H and O–H groups in total. The molecule has 4 heterocycles. The number of hydrogen-bond acceptors (Lipinski definition) is 5. The first-order chi connectivity index (χ1) is 14.1. The number of fused-ring (bicyclic) bond motifs is 1. The summed E-state index contributed by atoms with van der Waals surface area (Å²) >= 11 is 0. The Morgan fingerprint density at radius 2 is 2.28 bits per heavy atom. The Labute approximate surface area is 169 Å². The quantitative estimate of drug-likeness (QED) is 0.808. The molecule has 154 valence electrons. The van der Waals surface area contributed by atoms with Gasteiger partial charge in [0.2, 0.25) is 0 Å². The van der Waals surface area contributed by atoms with Crippen LogP contribution in [0.25, 0.3) is 0 Å². The first-order valence-corrected chi connectivity index (χ1v) is 10.1. The van der Waals surface area contributed by atoms with Gasteiger partial charge in [0.1, 0.15) is 11.6 Å². The normalized spacial score (nSPS) is 30.5. The van der Waals surface area contributed by atoms with E-state index in [0.29, 0.717) is 36.1 Å². The number of benzene rings is 1. The van der Waals surface area contributed by atoms with E-state index in [1.54, 1.807) is 31.4 Å². The molecule has 2 bridgehead atoms. The van der Waals surface area contributed by atoms with Crippen LogP contribution in [0.1, 0.15) is 29.0 Å². The molecule has 3 aliphatic rings. The fraction of sp³-hybridized carbons (Fsp3) is 0.500. The lowest BCUT2D eigenvalue weighted by Gasteiger charge is -2.29. The Morgan fingerprint density at radius 1 is 1.38 bits per heavy atom. The predicted octanol–water partition coefficient (Wildman–Crippen LogP) is 2.84. The van der Waals surface area contributed by atoms with Crippen LogP contribution < -0.4 is 10.1 Å². The highest BCUT2D eigenvalue weighted by Crippen LogP contribution is 2.55. The van der Waals surface area contributed by atoms with E-state index >= 15 is 0 Å². The van der Waals surface area contributed by atoms with Gasteiger partial charge in [0.05, 0.1) is 25.1 Å². The minimum atomic E-state index is -0.244. The van der Waals surface area contributed by atoms with Gasteiger partial charge in [0.25, 0.3) is 5.91 Å². The van der Waals surface area contributed by atoms with Crippen LogP contribution in [0.5, 0.6) is 5.75 Å². The molecule has 7 heteroatoms. The number of likely N-dealkylation sites (tertiary alicyclic amines) is 1. The number of carbonyl (C=O) groups excluding carboxylic acids is 1. The predicted molar refractivity (Wildman–Crippen MR) is 103 cm³/mol. The zero-order valence-electron chi connectivity index (χ0n) is 16.4. The van der Waals surface area contributed by atoms with Gasteiger partial charge < -0.3 is 19.2 Å². The third-order valence-corrected chi connectivity index (χ3v) is 6.78. The molecule has 4 atom stereocenters. The fourth-order valence-corrected chi connectivity index (χ4v) is 5.49. The Balaban J connectivity index is 1.28. The second kappa shape index (κ2) is 7.15. The highest BCUT2D eigenvalue weighted by atomic mass is 19.1. The van der Waals surface area contributed by atoms with Crippen molar-refractivity contribution in [1.82, 2.24) is 10.2 Å². The van der Waals surface area contributed by atoms with Crippen molar-refractivity contribution in [3.05, 3.63) is 53.7 Å². The molecule has 1 amide bonds. The summed E-state index contributed by atoms with van der Waals surface area (Å²) in [5.74, 6) is 1.05. The van der Waals surface area contributed by atoms with E-state index in [1.165, 1.54) is 12.3 Å². The summed E-state index contributed by atoms with van der Waals surface area (Å²) in [6.07, 6.45) is 3.71. The molecule has 2 aromatic rings. The van der Waals surface area contributed by atoms with Gasteiger partial charge in [-0.25, -0.2) is 4.39 Å². The smallest absolute Gasteiger partial charge is 0.286 e. The van der Waals surface area contributed by atoms with Crippen LogP contribution in [-0.4, -0.2) is 49.3 Å². The first-order valence-electron chi connectivity index (χ1n) is 10.1. The van der Waals surface area contributed by atoms with Crippen LogP contribution in [0.15, 0.2) is 41.0 Å². The van der Waals surface area contributed by atoms with Crippen molar-refractivity contribution in [2.75, 3.05) is 26.7 Å². The highest BCUT2D eigenvalue weighted by Gasteiger charge is 2.62. The Kier molecular flexibility index (Phi) is 4.59. The van der Waals surface area contributed by atoms with Crippen LogP contribution in [0, 0.1) is 17.7 Å². The zero-order chi connectivity index (χ0) is 20.0. The van der Waals surface area contributed by atoms with Gasteiger partial charge in [-0.05, 0) is 37.1 Å². The molecule has 0 unspecified atom stereocenters. The van der Waals surface area contributed by atoms with E-state index in [-0.39, 0.29) is 29.3 Å². The van der Waals surface area contributed by atoms with Crippen LogP contribution in [0.3, 0.4) is 0 Å². The molecule has 29 heavy (non-hydrogen) atoms. The molecule has 1 aromatic heterocycles. The molecular formula is C22H25FN2O4. The molecule has 0 saturated carbocycles. The summed E-state index contributed by atoms with van der Waals surface area (Å²) in [5.41, 5.74) is 0.409. The van der Waals surface area contributed by atoms with Crippen molar-refractivity contribution < 1.29 is 23.1 Å². The fourth-order valence-electron chi connectivity index (χ4n) is 5.49. The number of rotatable bonds is 6. The highest BCUT2D eigenvalue weighted by molar-refractivity contribution is 5.91. The van der Waals surface area contributed by atoms with Crippen molar-refractivity contribution >= 4 is 5.91 Å². The third-order valence-electron chi connectivity index (χ3n) is 6.78. The summed E-state index contributed by atoms with van der Waals surface area (Å²) in [4.78, 5) is 14.5. The van der Waals surface area contributed by atoms with Gasteiger partial charge >= 0.3 is 0 Å². The monoisotopic (exact) mass is 400 g/mol. The zero-order valence-corrected chi connectivity index (χ0v) is 16.4. The van der Waals surface area contributed by atoms with E-state index in [1.807, 2.05) is 0 Å². The van der Waals surface area contributed by atoms with E-state index in [9.17, 15) is 9.18 Å². The van der Waals surface area contributed by atoms with Crippen molar-refractivity contribution in [2.24, 2.45) is 11.8 Å². The van der Waals surface area contributed by atoms with E-state index < -0.39 is 0 Å². The Bertz CT molecular complexity index is 902. The molecule has 6 nitrogen and oxygen atoms in total. The van der Waals surface area contributed by atoms with Gasteiger partial charge in [0, 0.05) is 43.6 Å². The SMILES string of the molecule is COc1cccc(F)c1CN1C[C@@H]2[C@H](CNC(=O)c3ccco3)[C@H]3CC[C@]2(C1)O3. The Morgan fingerprint density at radius 3 is 3.07 bits per heavy atom. The number of ether oxygens (including phenoxy) is 2. The minimum Gasteiger partial charge on any atom is -0.496 e. The van der Waals surface area contributed by atoms with Gasteiger partial charge in [-0.3, -0.25) is 9.69 Å². The van der Waals surface area contributed by atoms with Crippen LogP contribution >= 0.6 is 0 Å². The molecule has 1 aromatic carbocycles. The number of amides is 1. The molecule has 1 spiro atoms. The number of carbonyl (C=O) groups is 1. The maximum absolute atomic E-state index is 14.4. The Hall–Kier alpha value is -2.38. The summed E-state index contributed by atoms with van der Waals surface area (Å²) in [6.45, 7) is 2.67. The van der Waals surface area contributed by atoms with Gasteiger partial charge in [-0.2, -0.15) is 0 Å². The number of halogens is 1. The average molecular weight is 400 g/mol. The molecule has 5 rings (SSSR count). The summed E-state index contributed by atoms with van der Waals surface area (Å²) in [7, 11) is 1.57. The molecule has 0 aliphatic carbocycles. The van der Waals surface area contributed by atoms with Crippen LogP contribution in [0.2, 0.25) is 0 Å². The lowest BCUT2D eigenvalue weighted by molar-refractivity contribution is 0.00198. The largest absolute Gasteiger partial charge is 0.496 e. The topological polar surface area (TPSA) is 63.9 Å². The van der Waals surface area contributed by atoms with Crippen LogP contribution in [0.4, 0.5) is 4.39 Å². The number of methoxy groups -OCH3 is 1. The second-order valence-electron chi connectivity index (χ2n) is 8.31. The molecule has 3 fully saturated rings. The number of nitrogens with zero attached hydrogens (tertiary/aromatic N) is 1. The van der Waals surface area contributed by atoms with Crippen molar-refractivity contribution in [3.8, 4) is 5.75 Å². The summed E-state index contributed by atoms with van der Waals surface area (Å²) < 4.78 is 31.4. The maximum Gasteiger partial charge on any atom is 0.286 e. The first kappa shape index (κ1) is 18.6. The third kappa shape index (κ3) is 3.13. The molecule has 3 aliphatic heterocycles. The van der Waals surface area contributed by atoms with Gasteiger partial charge in [0.15, 0.2) is 5.76 Å². The lowest BCUT2D eigenvalue weighted by atomic mass is 9.73. The van der Waals surface area contributed by atoms with Crippen molar-refractivity contribution in [1.29, 1.82) is 0 Å². The standard InChI is InChI=1S/C22H25FN2O4/c1-27-18-5-2-4-17(23)15(18)11-25-12-16-14(19-7-8-22(16,13-25)29-19)10-24-21(26)20-6-3-9-28-20/h2-6,9,14,16,19H,7-8,10-13H2,1H3,(H,24,26)/t14-,16+,19+,22+/m0/s1. The molecule has 0 radical (unpaired) electrons. The number of hydrogen-bond donors (Lipinski definition) is 1. The summed E-state index contributed by atoms with van der Waals surface area (Å²) in [6, 6.07) is 8.30. The van der Waals surface area contributed by atoms with Gasteiger partial charge in [-0.1, -0.05) is 6.07 Å². The lowest BCUT2D eigenvalue weighted by Crippen LogP contribution is -2.41. The van der Waals surface area contributed by atoms with E-state index in [2.05, 4.69) is 10.2 Å². The molecular weight excluding hydrogens is 375 g/mol. The molecule has 3 saturated heterocycles. The number of nitrogens with one attached hydrogen (secondary N) is 1. The van der Waals surface area contributed by atoms with E-state index in [4.69, 9.17) is 13.9 Å². The summed E-state index contributed by atoms with van der Waals surface area (Å²) in [5, 5.41) is 3.00. The number of furan rings is 1. The van der Waals surface area contributed by atoms with Crippen molar-refractivity contribution in [2.45, 2.75) is 31.1 Å². The van der Waals surface area contributed by atoms with Crippen LogP contribution in [-0.2, 0) is 11.3 Å². The average Bonchev–Trinajstić information content (AvgIpc) is 3.48. The second-order valence-corrected chi connectivity index (χ2v) is 8.31.